The zero-order valence-corrected chi connectivity index (χ0v) is 13.0. The second kappa shape index (κ2) is 6.71. The summed E-state index contributed by atoms with van der Waals surface area (Å²) in [6, 6.07) is 7.06. The van der Waals surface area contributed by atoms with Crippen molar-refractivity contribution in [3.63, 3.8) is 0 Å². The van der Waals surface area contributed by atoms with E-state index in [2.05, 4.69) is 60.0 Å². The highest BCUT2D eigenvalue weighted by atomic mass is 15.1. The van der Waals surface area contributed by atoms with Crippen molar-refractivity contribution in [2.75, 3.05) is 7.05 Å². The summed E-state index contributed by atoms with van der Waals surface area (Å²) in [6.45, 7) is 7.55. The number of rotatable bonds is 6. The lowest BCUT2D eigenvalue weighted by atomic mass is 9.99. The minimum atomic E-state index is 0.312. The largest absolute Gasteiger partial charge is 0.335 e. The number of nitrogens with zero attached hydrogens (tertiary/aromatic N) is 2. The lowest BCUT2D eigenvalue weighted by molar-refractivity contribution is 0.542. The average molecular weight is 271 g/mol. The van der Waals surface area contributed by atoms with Crippen LogP contribution in [0.2, 0.25) is 0 Å². The fraction of sp³-hybridized carbons (Fsp3) is 0.471. The van der Waals surface area contributed by atoms with Gasteiger partial charge in [-0.2, -0.15) is 0 Å². The normalized spacial score (nSPS) is 12.6. The Bertz CT molecular complexity index is 537. The van der Waals surface area contributed by atoms with E-state index in [9.17, 15) is 0 Å². The molecule has 1 aromatic heterocycles. The van der Waals surface area contributed by atoms with Gasteiger partial charge in [-0.1, -0.05) is 36.2 Å². The maximum atomic E-state index is 4.52. The zero-order chi connectivity index (χ0) is 14.5. The molecule has 0 aliphatic heterocycles. The van der Waals surface area contributed by atoms with Crippen LogP contribution in [0.1, 0.15) is 41.9 Å². The Kier molecular flexibility index (Phi) is 4.96. The van der Waals surface area contributed by atoms with Gasteiger partial charge in [0.2, 0.25) is 0 Å². The molecule has 3 heteroatoms. The second-order valence-electron chi connectivity index (χ2n) is 5.50. The molecule has 1 N–H and O–H groups in total. The van der Waals surface area contributed by atoms with Gasteiger partial charge in [-0.05, 0) is 32.9 Å². The van der Waals surface area contributed by atoms with E-state index in [4.69, 9.17) is 0 Å². The molecular formula is C17H25N3. The Labute approximate surface area is 122 Å². The van der Waals surface area contributed by atoms with Crippen LogP contribution in [0.25, 0.3) is 0 Å². The number of hydrogen-bond donors (Lipinski definition) is 1. The summed E-state index contributed by atoms with van der Waals surface area (Å²) in [6.07, 6.45) is 6.04. The van der Waals surface area contributed by atoms with Gasteiger partial charge in [0.25, 0.3) is 0 Å². The molecule has 0 saturated heterocycles. The van der Waals surface area contributed by atoms with Crippen LogP contribution >= 0.6 is 0 Å². The highest BCUT2D eigenvalue weighted by Gasteiger charge is 2.14. The molecule has 0 aliphatic rings. The first kappa shape index (κ1) is 14.8. The van der Waals surface area contributed by atoms with E-state index >= 15 is 0 Å². The Morgan fingerprint density at radius 3 is 2.50 bits per heavy atom. The maximum Gasteiger partial charge on any atom is 0.110 e. The summed E-state index contributed by atoms with van der Waals surface area (Å²) < 4.78 is 2.26. The molecule has 0 radical (unpaired) electrons. The molecule has 3 nitrogen and oxygen atoms in total. The third-order valence-corrected chi connectivity index (χ3v) is 3.65. The summed E-state index contributed by atoms with van der Waals surface area (Å²) in [7, 11) is 2.02. The lowest BCUT2D eigenvalue weighted by Crippen LogP contribution is -2.21. The van der Waals surface area contributed by atoms with Gasteiger partial charge in [-0.3, -0.25) is 0 Å². The predicted molar refractivity (Wildman–Crippen MR) is 83.9 cm³/mol. The third kappa shape index (κ3) is 3.48. The van der Waals surface area contributed by atoms with E-state index < -0.39 is 0 Å². The van der Waals surface area contributed by atoms with Crippen LogP contribution in [-0.4, -0.2) is 16.6 Å². The van der Waals surface area contributed by atoms with Crippen molar-refractivity contribution in [1.82, 2.24) is 14.9 Å². The molecule has 1 unspecified atom stereocenters. The quantitative estimate of drug-likeness (QED) is 0.872. The molecule has 20 heavy (non-hydrogen) atoms. The maximum absolute atomic E-state index is 4.52. The Balaban J connectivity index is 2.22. The molecule has 1 atom stereocenters. The van der Waals surface area contributed by atoms with Crippen molar-refractivity contribution in [2.45, 2.75) is 46.2 Å². The van der Waals surface area contributed by atoms with Gasteiger partial charge in [0.05, 0.1) is 0 Å². The minimum Gasteiger partial charge on any atom is -0.335 e. The third-order valence-electron chi connectivity index (χ3n) is 3.65. The van der Waals surface area contributed by atoms with Gasteiger partial charge in [0, 0.05) is 31.4 Å². The highest BCUT2D eigenvalue weighted by molar-refractivity contribution is 5.31. The Morgan fingerprint density at radius 1 is 1.20 bits per heavy atom. The summed E-state index contributed by atoms with van der Waals surface area (Å²) >= 11 is 0. The molecule has 2 aromatic rings. The van der Waals surface area contributed by atoms with Crippen LogP contribution in [-0.2, 0) is 13.0 Å². The van der Waals surface area contributed by atoms with Crippen LogP contribution in [0, 0.1) is 13.8 Å². The van der Waals surface area contributed by atoms with Gasteiger partial charge < -0.3 is 9.88 Å². The summed E-state index contributed by atoms with van der Waals surface area (Å²) in [5.41, 5.74) is 3.98. The minimum absolute atomic E-state index is 0.312. The van der Waals surface area contributed by atoms with Crippen LogP contribution in [0.15, 0.2) is 30.6 Å². The predicted octanol–water partition coefficient (Wildman–Crippen LogP) is 3.41. The van der Waals surface area contributed by atoms with E-state index in [1.165, 1.54) is 16.7 Å². The van der Waals surface area contributed by atoms with Crippen LogP contribution < -0.4 is 5.32 Å². The SMILES string of the molecule is CCCn1ccnc1CC(NC)c1cc(C)cc(C)c1. The number of hydrogen-bond acceptors (Lipinski definition) is 2. The topological polar surface area (TPSA) is 29.9 Å². The van der Waals surface area contributed by atoms with Crippen molar-refractivity contribution < 1.29 is 0 Å². The average Bonchev–Trinajstić information content (AvgIpc) is 2.82. The Morgan fingerprint density at radius 2 is 1.90 bits per heavy atom. The van der Waals surface area contributed by atoms with E-state index in [-0.39, 0.29) is 0 Å². The molecule has 0 saturated carbocycles. The van der Waals surface area contributed by atoms with E-state index in [0.29, 0.717) is 6.04 Å². The Hall–Kier alpha value is -1.61. The van der Waals surface area contributed by atoms with Crippen LogP contribution in [0.3, 0.4) is 0 Å². The van der Waals surface area contributed by atoms with Gasteiger partial charge >= 0.3 is 0 Å². The van der Waals surface area contributed by atoms with Crippen molar-refractivity contribution in [3.8, 4) is 0 Å². The van der Waals surface area contributed by atoms with E-state index in [1.54, 1.807) is 0 Å². The van der Waals surface area contributed by atoms with Gasteiger partial charge in [-0.25, -0.2) is 4.98 Å². The van der Waals surface area contributed by atoms with Crippen LogP contribution in [0.5, 0.6) is 0 Å². The van der Waals surface area contributed by atoms with E-state index in [1.807, 2.05) is 13.2 Å². The number of aromatic nitrogens is 2. The highest BCUT2D eigenvalue weighted by Crippen LogP contribution is 2.20. The number of likely N-dealkylation sites (N-methyl/N-ethyl adjacent to an activating group) is 1. The molecule has 0 bridgehead atoms. The number of aryl methyl sites for hydroxylation is 3. The van der Waals surface area contributed by atoms with Gasteiger partial charge in [0.15, 0.2) is 0 Å². The first-order valence-electron chi connectivity index (χ1n) is 7.39. The van der Waals surface area contributed by atoms with Gasteiger partial charge in [0.1, 0.15) is 5.82 Å². The van der Waals surface area contributed by atoms with Crippen molar-refractivity contribution >= 4 is 0 Å². The molecule has 0 amide bonds. The van der Waals surface area contributed by atoms with Gasteiger partial charge in [-0.15, -0.1) is 0 Å². The smallest absolute Gasteiger partial charge is 0.110 e. The van der Waals surface area contributed by atoms with Crippen molar-refractivity contribution in [3.05, 3.63) is 53.1 Å². The number of nitrogens with one attached hydrogen (secondary N) is 1. The summed E-state index contributed by atoms with van der Waals surface area (Å²) in [5, 5.41) is 3.43. The molecular weight excluding hydrogens is 246 g/mol. The molecule has 2 rings (SSSR count). The monoisotopic (exact) mass is 271 g/mol. The van der Waals surface area contributed by atoms with Crippen molar-refractivity contribution in [2.24, 2.45) is 0 Å². The molecule has 1 aromatic carbocycles. The second-order valence-corrected chi connectivity index (χ2v) is 5.50. The fourth-order valence-corrected chi connectivity index (χ4v) is 2.75. The summed E-state index contributed by atoms with van der Waals surface area (Å²) in [5.74, 6) is 1.16. The standard InChI is InChI=1S/C17H25N3/c1-5-7-20-8-6-19-17(20)12-16(18-4)15-10-13(2)9-14(3)11-15/h6,8-11,16,18H,5,7,12H2,1-4H3. The number of benzene rings is 1. The molecule has 0 spiro atoms. The molecule has 0 fully saturated rings. The zero-order valence-electron chi connectivity index (χ0n) is 13.0. The number of imidazole rings is 1. The molecule has 0 aliphatic carbocycles. The molecule has 1 heterocycles. The van der Waals surface area contributed by atoms with Crippen molar-refractivity contribution in [1.29, 1.82) is 0 Å². The fourth-order valence-electron chi connectivity index (χ4n) is 2.75. The first-order chi connectivity index (χ1) is 9.63. The first-order valence-corrected chi connectivity index (χ1v) is 7.39. The summed E-state index contributed by atoms with van der Waals surface area (Å²) in [4.78, 5) is 4.52. The van der Waals surface area contributed by atoms with E-state index in [0.717, 1.165) is 25.2 Å². The lowest BCUT2D eigenvalue weighted by Gasteiger charge is -2.18. The molecule has 108 valence electrons. The van der Waals surface area contributed by atoms with Crippen LogP contribution in [0.4, 0.5) is 0 Å².